The summed E-state index contributed by atoms with van der Waals surface area (Å²) in [5.41, 5.74) is 5.65. The van der Waals surface area contributed by atoms with Gasteiger partial charge in [-0.1, -0.05) is 13.8 Å². The van der Waals surface area contributed by atoms with Crippen molar-refractivity contribution in [2.75, 3.05) is 6.54 Å². The van der Waals surface area contributed by atoms with Crippen LogP contribution in [-0.2, 0) is 11.3 Å². The molecule has 1 aromatic rings. The van der Waals surface area contributed by atoms with Crippen LogP contribution in [0.4, 0.5) is 0 Å². The van der Waals surface area contributed by atoms with Gasteiger partial charge in [-0.15, -0.1) is 0 Å². The number of rotatable bonds is 8. The Morgan fingerprint density at radius 2 is 2.10 bits per heavy atom. The molecular weight excluding hydrogens is 260 g/mol. The number of hydrogen-bond donors (Lipinski definition) is 3. The SMILES string of the molecule is CC(C)CC(CN)CC(=O)NCc1ccc(C(=O)O)o1. The summed E-state index contributed by atoms with van der Waals surface area (Å²) >= 11 is 0. The molecule has 1 heterocycles. The molecule has 6 heteroatoms. The largest absolute Gasteiger partial charge is 0.475 e. The fourth-order valence-corrected chi connectivity index (χ4v) is 2.04. The van der Waals surface area contributed by atoms with Crippen molar-refractivity contribution < 1.29 is 19.1 Å². The van der Waals surface area contributed by atoms with E-state index < -0.39 is 5.97 Å². The lowest BCUT2D eigenvalue weighted by Gasteiger charge is -2.16. The summed E-state index contributed by atoms with van der Waals surface area (Å²) in [5, 5.41) is 11.4. The first-order chi connectivity index (χ1) is 9.42. The highest BCUT2D eigenvalue weighted by atomic mass is 16.4. The molecule has 0 spiro atoms. The second-order valence-electron chi connectivity index (χ2n) is 5.28. The predicted molar refractivity (Wildman–Crippen MR) is 74.1 cm³/mol. The Labute approximate surface area is 118 Å². The number of amides is 1. The molecule has 0 saturated heterocycles. The van der Waals surface area contributed by atoms with Crippen molar-refractivity contribution in [1.29, 1.82) is 0 Å². The highest BCUT2D eigenvalue weighted by Gasteiger charge is 2.15. The Morgan fingerprint density at radius 3 is 2.60 bits per heavy atom. The molecule has 0 radical (unpaired) electrons. The molecule has 0 aromatic carbocycles. The molecule has 1 amide bonds. The number of nitrogens with two attached hydrogens (primary N) is 1. The number of hydrogen-bond acceptors (Lipinski definition) is 4. The zero-order chi connectivity index (χ0) is 15.1. The van der Waals surface area contributed by atoms with Crippen molar-refractivity contribution >= 4 is 11.9 Å². The van der Waals surface area contributed by atoms with Crippen molar-refractivity contribution in [2.45, 2.75) is 33.2 Å². The lowest BCUT2D eigenvalue weighted by Crippen LogP contribution is -2.28. The van der Waals surface area contributed by atoms with Crippen molar-refractivity contribution in [1.82, 2.24) is 5.32 Å². The van der Waals surface area contributed by atoms with Crippen LogP contribution in [0, 0.1) is 11.8 Å². The lowest BCUT2D eigenvalue weighted by molar-refractivity contribution is -0.122. The van der Waals surface area contributed by atoms with Gasteiger partial charge in [-0.25, -0.2) is 4.79 Å². The maximum Gasteiger partial charge on any atom is 0.371 e. The third kappa shape index (κ3) is 5.44. The van der Waals surface area contributed by atoms with Gasteiger partial charge < -0.3 is 20.6 Å². The summed E-state index contributed by atoms with van der Waals surface area (Å²) in [6.45, 7) is 4.86. The molecular formula is C14H22N2O4. The topological polar surface area (TPSA) is 106 Å². The minimum atomic E-state index is -1.12. The molecule has 0 fully saturated rings. The number of nitrogens with one attached hydrogen (secondary N) is 1. The van der Waals surface area contributed by atoms with E-state index >= 15 is 0 Å². The molecule has 0 aliphatic carbocycles. The van der Waals surface area contributed by atoms with Gasteiger partial charge in [0.2, 0.25) is 11.7 Å². The Morgan fingerprint density at radius 1 is 1.40 bits per heavy atom. The molecule has 20 heavy (non-hydrogen) atoms. The Bertz CT molecular complexity index is 454. The average Bonchev–Trinajstić information content (AvgIpc) is 2.84. The monoisotopic (exact) mass is 282 g/mol. The summed E-state index contributed by atoms with van der Waals surface area (Å²) in [5.74, 6) is -0.268. The van der Waals surface area contributed by atoms with E-state index in [1.165, 1.54) is 12.1 Å². The summed E-state index contributed by atoms with van der Waals surface area (Å²) < 4.78 is 5.05. The van der Waals surface area contributed by atoms with E-state index in [0.29, 0.717) is 24.6 Å². The Hall–Kier alpha value is -1.82. The first-order valence-electron chi connectivity index (χ1n) is 6.71. The van der Waals surface area contributed by atoms with Crippen LogP contribution in [0.1, 0.15) is 43.0 Å². The summed E-state index contributed by atoms with van der Waals surface area (Å²) in [6, 6.07) is 2.91. The van der Waals surface area contributed by atoms with Crippen LogP contribution in [0.25, 0.3) is 0 Å². The summed E-state index contributed by atoms with van der Waals surface area (Å²) in [7, 11) is 0. The van der Waals surface area contributed by atoms with E-state index in [4.69, 9.17) is 15.3 Å². The second-order valence-corrected chi connectivity index (χ2v) is 5.28. The third-order valence-corrected chi connectivity index (χ3v) is 2.94. The molecule has 112 valence electrons. The van der Waals surface area contributed by atoms with Crippen LogP contribution < -0.4 is 11.1 Å². The number of carboxylic acid groups (broad SMARTS) is 1. The zero-order valence-corrected chi connectivity index (χ0v) is 11.9. The van der Waals surface area contributed by atoms with Crippen molar-refractivity contribution in [3.8, 4) is 0 Å². The van der Waals surface area contributed by atoms with E-state index in [1.807, 2.05) is 0 Å². The smallest absolute Gasteiger partial charge is 0.371 e. The Balaban J connectivity index is 2.40. The minimum absolute atomic E-state index is 0.102. The number of carbonyl (C=O) groups excluding carboxylic acids is 1. The lowest BCUT2D eigenvalue weighted by atomic mass is 9.94. The van der Waals surface area contributed by atoms with Crippen LogP contribution >= 0.6 is 0 Å². The highest BCUT2D eigenvalue weighted by molar-refractivity contribution is 5.84. The molecule has 0 saturated carbocycles. The maximum absolute atomic E-state index is 11.8. The van der Waals surface area contributed by atoms with Crippen LogP contribution in [-0.4, -0.2) is 23.5 Å². The maximum atomic E-state index is 11.8. The van der Waals surface area contributed by atoms with Gasteiger partial charge in [0.25, 0.3) is 0 Å². The Kier molecular flexibility index (Phi) is 6.24. The first kappa shape index (κ1) is 16.2. The van der Waals surface area contributed by atoms with Gasteiger partial charge in [0.15, 0.2) is 0 Å². The molecule has 0 aliphatic rings. The van der Waals surface area contributed by atoms with Gasteiger partial charge in [-0.3, -0.25) is 4.79 Å². The van der Waals surface area contributed by atoms with Gasteiger partial charge in [0.1, 0.15) is 5.76 Å². The molecule has 1 unspecified atom stereocenters. The van der Waals surface area contributed by atoms with Gasteiger partial charge in [-0.2, -0.15) is 0 Å². The predicted octanol–water partition coefficient (Wildman–Crippen LogP) is 1.61. The molecule has 4 N–H and O–H groups in total. The van der Waals surface area contributed by atoms with Crippen molar-refractivity contribution in [2.24, 2.45) is 17.6 Å². The number of carbonyl (C=O) groups is 2. The quantitative estimate of drug-likeness (QED) is 0.671. The van der Waals surface area contributed by atoms with Crippen molar-refractivity contribution in [3.05, 3.63) is 23.7 Å². The van der Waals surface area contributed by atoms with Crippen LogP contribution in [0.5, 0.6) is 0 Å². The fourth-order valence-electron chi connectivity index (χ4n) is 2.04. The first-order valence-corrected chi connectivity index (χ1v) is 6.71. The molecule has 6 nitrogen and oxygen atoms in total. The molecule has 1 atom stereocenters. The molecule has 0 aliphatic heterocycles. The fraction of sp³-hybridized carbons (Fsp3) is 0.571. The van der Waals surface area contributed by atoms with E-state index in [0.717, 1.165) is 6.42 Å². The normalized spacial score (nSPS) is 12.4. The average molecular weight is 282 g/mol. The molecule has 0 bridgehead atoms. The van der Waals surface area contributed by atoms with Gasteiger partial charge >= 0.3 is 5.97 Å². The standard InChI is InChI=1S/C14H22N2O4/c1-9(2)5-10(7-15)6-13(17)16-8-11-3-4-12(20-11)14(18)19/h3-4,9-10H,5-8,15H2,1-2H3,(H,16,17)(H,18,19). The van der Waals surface area contributed by atoms with Gasteiger partial charge in [0, 0.05) is 6.42 Å². The number of aromatic carboxylic acids is 1. The summed E-state index contributed by atoms with van der Waals surface area (Å²) in [4.78, 5) is 22.4. The van der Waals surface area contributed by atoms with E-state index in [2.05, 4.69) is 19.2 Å². The number of furan rings is 1. The van der Waals surface area contributed by atoms with Crippen LogP contribution in [0.15, 0.2) is 16.5 Å². The third-order valence-electron chi connectivity index (χ3n) is 2.94. The van der Waals surface area contributed by atoms with Crippen LogP contribution in [0.3, 0.4) is 0 Å². The van der Waals surface area contributed by atoms with E-state index in [-0.39, 0.29) is 24.1 Å². The van der Waals surface area contributed by atoms with Crippen molar-refractivity contribution in [3.63, 3.8) is 0 Å². The second kappa shape index (κ2) is 7.69. The van der Waals surface area contributed by atoms with E-state index in [1.54, 1.807) is 0 Å². The summed E-state index contributed by atoms with van der Waals surface area (Å²) in [6.07, 6.45) is 1.29. The molecule has 1 aromatic heterocycles. The van der Waals surface area contributed by atoms with E-state index in [9.17, 15) is 9.59 Å². The minimum Gasteiger partial charge on any atom is -0.475 e. The zero-order valence-electron chi connectivity index (χ0n) is 11.9. The van der Waals surface area contributed by atoms with Gasteiger partial charge in [0.05, 0.1) is 6.54 Å². The van der Waals surface area contributed by atoms with Gasteiger partial charge in [-0.05, 0) is 36.9 Å². The molecule has 1 rings (SSSR count). The highest BCUT2D eigenvalue weighted by Crippen LogP contribution is 2.14. The van der Waals surface area contributed by atoms with Crippen LogP contribution in [0.2, 0.25) is 0 Å². The number of carboxylic acids is 1.